The molecule has 2 aromatic rings. The summed E-state index contributed by atoms with van der Waals surface area (Å²) in [6.45, 7) is 2.28. The monoisotopic (exact) mass is 514 g/mol. The number of carbonyl (C=O) groups is 2. The third-order valence-electron chi connectivity index (χ3n) is 9.17. The number of carbonyl (C=O) groups excluding carboxylic acids is 1. The van der Waals surface area contributed by atoms with Crippen molar-refractivity contribution >= 4 is 22.6 Å². The topological polar surface area (TPSA) is 78.4 Å². The van der Waals surface area contributed by atoms with E-state index in [2.05, 4.69) is 72.2 Å². The number of carboxylic acid groups (broad SMARTS) is 1. The van der Waals surface area contributed by atoms with Crippen LogP contribution in [0.2, 0.25) is 0 Å². The first kappa shape index (κ1) is 26.7. The molecule has 0 bridgehead atoms. The summed E-state index contributed by atoms with van der Waals surface area (Å²) in [5.74, 6) is 0.104. The molecule has 2 fully saturated rings. The molecule has 5 rings (SSSR count). The zero-order chi connectivity index (χ0) is 26.5. The van der Waals surface area contributed by atoms with Crippen molar-refractivity contribution in [2.24, 2.45) is 11.8 Å². The first-order chi connectivity index (χ1) is 18.4. The zero-order valence-electron chi connectivity index (χ0n) is 22.6. The highest BCUT2D eigenvalue weighted by atomic mass is 16.4. The van der Waals surface area contributed by atoms with E-state index < -0.39 is 11.5 Å². The van der Waals surface area contributed by atoms with Crippen molar-refractivity contribution in [3.8, 4) is 0 Å². The summed E-state index contributed by atoms with van der Waals surface area (Å²) in [7, 11) is 0. The van der Waals surface area contributed by atoms with Crippen molar-refractivity contribution in [3.05, 3.63) is 71.8 Å². The van der Waals surface area contributed by atoms with Crippen LogP contribution < -0.4 is 10.6 Å². The third kappa shape index (κ3) is 6.20. The van der Waals surface area contributed by atoms with Gasteiger partial charge < -0.3 is 15.7 Å². The van der Waals surface area contributed by atoms with Crippen LogP contribution in [-0.4, -0.2) is 28.6 Å². The van der Waals surface area contributed by atoms with E-state index in [1.54, 1.807) is 0 Å². The second-order valence-electron chi connectivity index (χ2n) is 11.9. The van der Waals surface area contributed by atoms with Crippen molar-refractivity contribution in [3.63, 3.8) is 0 Å². The maximum absolute atomic E-state index is 13.1. The summed E-state index contributed by atoms with van der Waals surface area (Å²) >= 11 is 0. The van der Waals surface area contributed by atoms with Crippen LogP contribution in [0, 0.1) is 11.8 Å². The van der Waals surface area contributed by atoms with Gasteiger partial charge in [0.25, 0.3) is 5.91 Å². The second kappa shape index (κ2) is 11.9. The Morgan fingerprint density at radius 3 is 2.58 bits per heavy atom. The van der Waals surface area contributed by atoms with E-state index in [4.69, 9.17) is 0 Å². The van der Waals surface area contributed by atoms with Crippen LogP contribution in [0.1, 0.15) is 89.2 Å². The first-order valence-corrected chi connectivity index (χ1v) is 14.6. The Labute approximate surface area is 226 Å². The summed E-state index contributed by atoms with van der Waals surface area (Å²) < 4.78 is 0. The van der Waals surface area contributed by atoms with E-state index in [-0.39, 0.29) is 12.3 Å². The molecule has 3 aliphatic carbocycles. The van der Waals surface area contributed by atoms with E-state index in [0.717, 1.165) is 44.9 Å². The maximum atomic E-state index is 13.1. The molecule has 0 saturated heterocycles. The molecule has 2 saturated carbocycles. The number of hydrogen-bond donors (Lipinski definition) is 3. The van der Waals surface area contributed by atoms with Crippen molar-refractivity contribution in [2.75, 3.05) is 0 Å². The standard InChI is InChI=1S/C33H42N2O3/c1-23(29-14-8-10-25-9-3-4-13-30(25)29)34-28-12-7-11-27(21-28)24-15-17-26(18-16-24)32(38)35-33(22-31(36)37)19-5-2-6-20-33/h3-4,8-10,13-15,17-18,23-24,27-28,34H,2,5-7,11-12,16,19-22H2,1H3,(H,35,38)(H,36,37)/t23-,24?,27+,28+/m1/s1. The van der Waals surface area contributed by atoms with Gasteiger partial charge in [0.15, 0.2) is 0 Å². The van der Waals surface area contributed by atoms with Crippen LogP contribution in [0.3, 0.4) is 0 Å². The largest absolute Gasteiger partial charge is 0.481 e. The van der Waals surface area contributed by atoms with Gasteiger partial charge in [-0.25, -0.2) is 0 Å². The Kier molecular flexibility index (Phi) is 8.32. The maximum Gasteiger partial charge on any atom is 0.305 e. The van der Waals surface area contributed by atoms with Crippen LogP contribution >= 0.6 is 0 Å². The number of nitrogens with one attached hydrogen (secondary N) is 2. The number of aliphatic carboxylic acids is 1. The van der Waals surface area contributed by atoms with Crippen molar-refractivity contribution in [2.45, 2.75) is 95.2 Å². The Bertz CT molecular complexity index is 1200. The minimum Gasteiger partial charge on any atom is -0.481 e. The van der Waals surface area contributed by atoms with E-state index in [0.29, 0.717) is 29.5 Å². The predicted octanol–water partition coefficient (Wildman–Crippen LogP) is 6.85. The molecular weight excluding hydrogens is 472 g/mol. The highest BCUT2D eigenvalue weighted by molar-refractivity contribution is 5.97. The predicted molar refractivity (Wildman–Crippen MR) is 153 cm³/mol. The lowest BCUT2D eigenvalue weighted by Crippen LogP contribution is -2.51. The Hall–Kier alpha value is -2.92. The number of carboxylic acids is 1. The van der Waals surface area contributed by atoms with Crippen molar-refractivity contribution < 1.29 is 14.7 Å². The Morgan fingerprint density at radius 2 is 1.82 bits per heavy atom. The number of fused-ring (bicyclic) bond motifs is 1. The van der Waals surface area contributed by atoms with E-state index in [1.165, 1.54) is 35.6 Å². The molecule has 0 aromatic heterocycles. The zero-order valence-corrected chi connectivity index (χ0v) is 22.6. The molecule has 5 heteroatoms. The Balaban J connectivity index is 1.17. The van der Waals surface area contributed by atoms with Crippen LogP contribution in [-0.2, 0) is 9.59 Å². The fourth-order valence-corrected chi connectivity index (χ4v) is 7.17. The molecule has 3 N–H and O–H groups in total. The molecule has 0 aliphatic heterocycles. The smallest absolute Gasteiger partial charge is 0.305 e. The lowest BCUT2D eigenvalue weighted by Gasteiger charge is -2.38. The Morgan fingerprint density at radius 1 is 1.03 bits per heavy atom. The summed E-state index contributed by atoms with van der Waals surface area (Å²) in [5.41, 5.74) is 1.45. The van der Waals surface area contributed by atoms with E-state index in [9.17, 15) is 14.7 Å². The molecule has 3 aliphatic rings. The molecule has 0 spiro atoms. The number of amides is 1. The molecular formula is C33H42N2O3. The van der Waals surface area contributed by atoms with Gasteiger partial charge in [0.05, 0.1) is 12.0 Å². The van der Waals surface area contributed by atoms with Crippen molar-refractivity contribution in [1.82, 2.24) is 10.6 Å². The molecule has 38 heavy (non-hydrogen) atoms. The van der Waals surface area contributed by atoms with E-state index in [1.807, 2.05) is 6.08 Å². The third-order valence-corrected chi connectivity index (χ3v) is 9.17. The SMILES string of the molecule is C[C@@H](N[C@H]1CCC[C@H](C2C=CC(C(=O)NC3(CC(=O)O)CCCCC3)=CC2)C1)c1cccc2ccccc12. The van der Waals surface area contributed by atoms with Gasteiger partial charge in [-0.15, -0.1) is 0 Å². The fourth-order valence-electron chi connectivity index (χ4n) is 7.17. The fraction of sp³-hybridized carbons (Fsp3) is 0.515. The summed E-state index contributed by atoms with van der Waals surface area (Å²) in [6.07, 6.45) is 16.5. The van der Waals surface area contributed by atoms with Gasteiger partial charge in [-0.1, -0.05) is 86.4 Å². The van der Waals surface area contributed by atoms with Gasteiger partial charge in [-0.05, 0) is 73.6 Å². The molecule has 0 radical (unpaired) electrons. The number of hydrogen-bond acceptors (Lipinski definition) is 3. The molecule has 1 amide bonds. The van der Waals surface area contributed by atoms with Crippen LogP contribution in [0.4, 0.5) is 0 Å². The lowest BCUT2D eigenvalue weighted by atomic mass is 9.74. The molecule has 1 unspecified atom stereocenters. The number of allylic oxidation sites excluding steroid dienone is 2. The highest BCUT2D eigenvalue weighted by Crippen LogP contribution is 2.37. The minimum absolute atomic E-state index is 0.00597. The van der Waals surface area contributed by atoms with Gasteiger partial charge in [0, 0.05) is 17.7 Å². The summed E-state index contributed by atoms with van der Waals surface area (Å²) in [5, 5.41) is 19.1. The van der Waals surface area contributed by atoms with Gasteiger partial charge >= 0.3 is 5.97 Å². The summed E-state index contributed by atoms with van der Waals surface area (Å²) in [4.78, 5) is 24.6. The normalized spacial score (nSPS) is 25.9. The first-order valence-electron chi connectivity index (χ1n) is 14.6. The van der Waals surface area contributed by atoms with Gasteiger partial charge in [0.1, 0.15) is 0 Å². The van der Waals surface area contributed by atoms with Crippen LogP contribution in [0.15, 0.2) is 66.3 Å². The minimum atomic E-state index is -0.837. The average molecular weight is 515 g/mol. The molecule has 202 valence electrons. The van der Waals surface area contributed by atoms with Gasteiger partial charge in [0.2, 0.25) is 0 Å². The lowest BCUT2D eigenvalue weighted by molar-refractivity contribution is -0.139. The average Bonchev–Trinajstić information content (AvgIpc) is 2.93. The van der Waals surface area contributed by atoms with Crippen LogP contribution in [0.25, 0.3) is 10.8 Å². The second-order valence-corrected chi connectivity index (χ2v) is 11.9. The molecule has 5 nitrogen and oxygen atoms in total. The molecule has 4 atom stereocenters. The quantitative estimate of drug-likeness (QED) is 0.360. The number of rotatable bonds is 8. The summed E-state index contributed by atoms with van der Waals surface area (Å²) in [6, 6.07) is 16.0. The van der Waals surface area contributed by atoms with Crippen LogP contribution in [0.5, 0.6) is 0 Å². The molecule has 0 heterocycles. The number of benzene rings is 2. The van der Waals surface area contributed by atoms with Crippen molar-refractivity contribution in [1.29, 1.82) is 0 Å². The molecule has 2 aromatic carbocycles. The van der Waals surface area contributed by atoms with Gasteiger partial charge in [-0.3, -0.25) is 9.59 Å². The van der Waals surface area contributed by atoms with E-state index >= 15 is 0 Å². The highest BCUT2D eigenvalue weighted by Gasteiger charge is 2.37. The van der Waals surface area contributed by atoms with Gasteiger partial charge in [-0.2, -0.15) is 0 Å².